The first-order valence-corrected chi connectivity index (χ1v) is 5.25. The number of carbonyl (C=O) groups is 2. The van der Waals surface area contributed by atoms with E-state index in [1.54, 1.807) is 30.3 Å². The van der Waals surface area contributed by atoms with E-state index < -0.39 is 11.9 Å². The molecule has 94 valence electrons. The largest absolute Gasteiger partial charge is 0.351 e. The molecule has 0 spiro atoms. The van der Waals surface area contributed by atoms with Crippen LogP contribution < -0.4 is 0 Å². The summed E-state index contributed by atoms with van der Waals surface area (Å²) in [6, 6.07) is 7.78. The lowest BCUT2D eigenvalue weighted by atomic mass is 10.2. The maximum Gasteiger partial charge on any atom is 0.351 e. The molecule has 0 fully saturated rings. The number of urea groups is 1. The molecular weight excluding hydrogens is 232 g/mol. The van der Waals surface area contributed by atoms with Gasteiger partial charge in [0.1, 0.15) is 6.61 Å². The molecule has 18 heavy (non-hydrogen) atoms. The third kappa shape index (κ3) is 3.34. The van der Waals surface area contributed by atoms with Crippen LogP contribution in [-0.4, -0.2) is 42.6 Å². The Balaban J connectivity index is 2.93. The Morgan fingerprint density at radius 2 is 1.89 bits per heavy atom. The van der Waals surface area contributed by atoms with E-state index in [0.29, 0.717) is 10.6 Å². The average molecular weight is 246 g/mol. The lowest BCUT2D eigenvalue weighted by Crippen LogP contribution is -2.43. The molecule has 0 saturated heterocycles. The summed E-state index contributed by atoms with van der Waals surface area (Å²) < 4.78 is 0. The predicted molar refractivity (Wildman–Crippen MR) is 66.5 cm³/mol. The van der Waals surface area contributed by atoms with Gasteiger partial charge in [-0.25, -0.2) is 9.63 Å². The highest BCUT2D eigenvalue weighted by Gasteiger charge is 2.25. The Bertz CT molecular complexity index is 463. The highest BCUT2D eigenvalue weighted by atomic mass is 16.7. The summed E-state index contributed by atoms with van der Waals surface area (Å²) in [4.78, 5) is 30.1. The molecule has 0 heterocycles. The monoisotopic (exact) mass is 246 g/mol. The van der Waals surface area contributed by atoms with E-state index in [4.69, 9.17) is 11.3 Å². The van der Waals surface area contributed by atoms with Crippen molar-refractivity contribution < 1.29 is 14.4 Å². The molecule has 5 heteroatoms. The second kappa shape index (κ2) is 6.42. The first-order chi connectivity index (χ1) is 8.57. The Hall–Kier alpha value is -2.32. The fourth-order valence-electron chi connectivity index (χ4n) is 1.18. The van der Waals surface area contributed by atoms with Crippen LogP contribution in [-0.2, 0) is 4.84 Å². The van der Waals surface area contributed by atoms with Crippen LogP contribution in [0, 0.1) is 12.3 Å². The fraction of sp³-hybridized carbons (Fsp3) is 0.231. The third-order valence-corrected chi connectivity index (χ3v) is 2.04. The van der Waals surface area contributed by atoms with Gasteiger partial charge in [-0.05, 0) is 12.1 Å². The Labute approximate surface area is 106 Å². The zero-order valence-corrected chi connectivity index (χ0v) is 10.3. The molecule has 0 unspecified atom stereocenters. The molecule has 1 rings (SSSR count). The van der Waals surface area contributed by atoms with E-state index in [1.807, 2.05) is 0 Å². The number of carbonyl (C=O) groups excluding carboxylic acids is 2. The van der Waals surface area contributed by atoms with Gasteiger partial charge in [0.2, 0.25) is 0 Å². The van der Waals surface area contributed by atoms with Gasteiger partial charge < -0.3 is 4.90 Å². The average Bonchev–Trinajstić information content (AvgIpc) is 2.39. The van der Waals surface area contributed by atoms with Crippen LogP contribution in [0.25, 0.3) is 0 Å². The van der Waals surface area contributed by atoms with Crippen molar-refractivity contribution in [3.8, 4) is 12.3 Å². The Kier molecular flexibility index (Phi) is 4.90. The van der Waals surface area contributed by atoms with Crippen LogP contribution in [0.4, 0.5) is 4.79 Å². The van der Waals surface area contributed by atoms with Gasteiger partial charge in [0.05, 0.1) is 0 Å². The van der Waals surface area contributed by atoms with Crippen molar-refractivity contribution in [1.29, 1.82) is 0 Å². The highest BCUT2D eigenvalue weighted by molar-refractivity contribution is 6.03. The molecular formula is C13H14N2O3. The molecule has 0 aliphatic rings. The van der Waals surface area contributed by atoms with Crippen LogP contribution in [0.15, 0.2) is 30.3 Å². The van der Waals surface area contributed by atoms with Crippen LogP contribution in [0.2, 0.25) is 0 Å². The Morgan fingerprint density at radius 3 is 2.39 bits per heavy atom. The van der Waals surface area contributed by atoms with Crippen LogP contribution >= 0.6 is 0 Å². The second-order valence-corrected chi connectivity index (χ2v) is 3.62. The van der Waals surface area contributed by atoms with Crippen molar-refractivity contribution in [3.63, 3.8) is 0 Å². The van der Waals surface area contributed by atoms with Gasteiger partial charge in [-0.2, -0.15) is 0 Å². The summed E-state index contributed by atoms with van der Waals surface area (Å²) in [5, 5.41) is 0.662. The number of nitrogens with zero attached hydrogens (tertiary/aromatic N) is 2. The van der Waals surface area contributed by atoms with Crippen LogP contribution in [0.3, 0.4) is 0 Å². The maximum atomic E-state index is 12.1. The van der Waals surface area contributed by atoms with E-state index >= 15 is 0 Å². The lowest BCUT2D eigenvalue weighted by molar-refractivity contribution is -0.0799. The lowest BCUT2D eigenvalue weighted by Gasteiger charge is -2.22. The molecule has 5 nitrogen and oxygen atoms in total. The number of imide groups is 1. The Morgan fingerprint density at radius 1 is 1.28 bits per heavy atom. The van der Waals surface area contributed by atoms with Crippen molar-refractivity contribution in [2.75, 3.05) is 20.7 Å². The van der Waals surface area contributed by atoms with Gasteiger partial charge >= 0.3 is 6.03 Å². The first kappa shape index (κ1) is 13.7. The topological polar surface area (TPSA) is 49.9 Å². The fourth-order valence-corrected chi connectivity index (χ4v) is 1.18. The smallest absolute Gasteiger partial charge is 0.329 e. The summed E-state index contributed by atoms with van der Waals surface area (Å²) in [5.74, 6) is 1.66. The van der Waals surface area contributed by atoms with Crippen molar-refractivity contribution in [1.82, 2.24) is 9.96 Å². The zero-order chi connectivity index (χ0) is 13.5. The molecule has 0 aromatic heterocycles. The maximum absolute atomic E-state index is 12.1. The predicted octanol–water partition coefficient (Wildman–Crippen LogP) is 1.38. The van der Waals surface area contributed by atoms with Crippen molar-refractivity contribution in [3.05, 3.63) is 35.9 Å². The number of rotatable bonds is 3. The summed E-state index contributed by atoms with van der Waals surface area (Å²) in [7, 11) is 3.04. The minimum atomic E-state index is -0.584. The normalized spacial score (nSPS) is 9.39. The van der Waals surface area contributed by atoms with Gasteiger partial charge in [-0.1, -0.05) is 24.1 Å². The van der Waals surface area contributed by atoms with Gasteiger partial charge in [-0.15, -0.1) is 11.5 Å². The number of hydrogen-bond acceptors (Lipinski definition) is 3. The second-order valence-electron chi connectivity index (χ2n) is 3.62. The molecule has 0 aliphatic carbocycles. The van der Waals surface area contributed by atoms with Gasteiger partial charge in [0, 0.05) is 19.7 Å². The highest BCUT2D eigenvalue weighted by Crippen LogP contribution is 2.07. The van der Waals surface area contributed by atoms with E-state index in [1.165, 1.54) is 19.0 Å². The standard InChI is InChI=1S/C13H14N2O3/c1-4-10-18-15(13(17)14(2)3)12(16)11-8-6-5-7-9-11/h1,5-9H,10H2,2-3H3. The molecule has 0 N–H and O–H groups in total. The van der Waals surface area contributed by atoms with E-state index in [9.17, 15) is 9.59 Å². The van der Waals surface area contributed by atoms with E-state index in [-0.39, 0.29) is 6.61 Å². The number of amides is 3. The summed E-state index contributed by atoms with van der Waals surface area (Å²) in [6.07, 6.45) is 5.05. The van der Waals surface area contributed by atoms with Gasteiger partial charge in [0.15, 0.2) is 0 Å². The van der Waals surface area contributed by atoms with Crippen LogP contribution in [0.1, 0.15) is 10.4 Å². The number of hydroxylamine groups is 2. The van der Waals surface area contributed by atoms with Crippen molar-refractivity contribution in [2.45, 2.75) is 0 Å². The minimum absolute atomic E-state index is 0.155. The van der Waals surface area contributed by atoms with Gasteiger partial charge in [0.25, 0.3) is 5.91 Å². The van der Waals surface area contributed by atoms with E-state index in [2.05, 4.69) is 5.92 Å². The zero-order valence-electron chi connectivity index (χ0n) is 10.3. The summed E-state index contributed by atoms with van der Waals surface area (Å²) in [6.45, 7) is -0.155. The molecule has 1 aromatic carbocycles. The first-order valence-electron chi connectivity index (χ1n) is 5.25. The van der Waals surface area contributed by atoms with Gasteiger partial charge in [-0.3, -0.25) is 4.79 Å². The van der Waals surface area contributed by atoms with Crippen LogP contribution in [0.5, 0.6) is 0 Å². The number of terminal acetylenes is 1. The summed E-state index contributed by atoms with van der Waals surface area (Å²) >= 11 is 0. The summed E-state index contributed by atoms with van der Waals surface area (Å²) in [5.41, 5.74) is 0.352. The quantitative estimate of drug-likeness (QED) is 0.598. The molecule has 3 amide bonds. The molecule has 0 aliphatic heterocycles. The van der Waals surface area contributed by atoms with Crippen molar-refractivity contribution >= 4 is 11.9 Å². The number of benzene rings is 1. The molecule has 0 saturated carbocycles. The molecule has 0 atom stereocenters. The SMILES string of the molecule is C#CCON(C(=O)c1ccccc1)C(=O)N(C)C. The van der Waals surface area contributed by atoms with E-state index in [0.717, 1.165) is 0 Å². The molecule has 0 bridgehead atoms. The number of hydrogen-bond donors (Lipinski definition) is 0. The van der Waals surface area contributed by atoms with Crippen molar-refractivity contribution in [2.24, 2.45) is 0 Å². The minimum Gasteiger partial charge on any atom is -0.329 e. The third-order valence-electron chi connectivity index (χ3n) is 2.04. The molecule has 0 radical (unpaired) electrons. The molecule has 1 aromatic rings.